The molecule has 202 valence electrons. The molecule has 0 amide bonds. The van der Waals surface area contributed by atoms with Crippen molar-refractivity contribution < 1.29 is 27.8 Å². The van der Waals surface area contributed by atoms with Gasteiger partial charge in [0.1, 0.15) is 5.75 Å². The molecule has 38 heavy (non-hydrogen) atoms. The van der Waals surface area contributed by atoms with Gasteiger partial charge in [0.15, 0.2) is 0 Å². The molecule has 0 spiro atoms. The van der Waals surface area contributed by atoms with Gasteiger partial charge >= 0.3 is 6.36 Å². The summed E-state index contributed by atoms with van der Waals surface area (Å²) in [4.78, 5) is 0.977. The van der Waals surface area contributed by atoms with Crippen LogP contribution < -0.4 is 15.4 Å². The Hall–Kier alpha value is -3.26. The van der Waals surface area contributed by atoms with E-state index in [2.05, 4.69) is 41.2 Å². The first-order valence-electron chi connectivity index (χ1n) is 12.2. The lowest BCUT2D eigenvalue weighted by Gasteiger charge is -2.36. The van der Waals surface area contributed by atoms with Crippen molar-refractivity contribution in [3.63, 3.8) is 0 Å². The lowest BCUT2D eigenvalue weighted by molar-refractivity contribution is -0.274. The van der Waals surface area contributed by atoms with E-state index >= 15 is 0 Å². The summed E-state index contributed by atoms with van der Waals surface area (Å²) in [5.74, 6) is 0.109. The fourth-order valence-corrected chi connectivity index (χ4v) is 5.06. The Bertz CT molecular complexity index is 1340. The number of alkyl halides is 3. The Morgan fingerprint density at radius 1 is 1.11 bits per heavy atom. The molecule has 1 aliphatic carbocycles. The minimum Gasteiger partial charge on any atom is -0.406 e. The topological polar surface area (TPSA) is 117 Å². The maximum atomic E-state index is 12.6. The zero-order chi connectivity index (χ0) is 26.5. The summed E-state index contributed by atoms with van der Waals surface area (Å²) in [6, 6.07) is 8.56. The Morgan fingerprint density at radius 3 is 2.71 bits per heavy atom. The Balaban J connectivity index is 1.03. The van der Waals surface area contributed by atoms with Gasteiger partial charge in [-0.2, -0.15) is 5.10 Å². The van der Waals surface area contributed by atoms with Crippen LogP contribution in [0.5, 0.6) is 5.75 Å². The third-order valence-electron chi connectivity index (χ3n) is 6.39. The molecule has 0 unspecified atom stereocenters. The van der Waals surface area contributed by atoms with Crippen molar-refractivity contribution >= 4 is 28.1 Å². The van der Waals surface area contributed by atoms with E-state index in [-0.39, 0.29) is 18.4 Å². The Morgan fingerprint density at radius 2 is 1.95 bits per heavy atom. The standard InChI is InChI=1S/C25H27F3N6O3S/c26-25(27,28)37-20-6-15(3-16(7-20)13-35)10-30-19-4-17(5-19)14-36-2-1-29-22-8-18(24-12-32-34-38-24)9-23-21(22)11-31-33-23/h3,6-9,11-12,17,19,29-30,35H,1-2,4-5,10,13-14H2,(H,31,33). The molecule has 1 aliphatic rings. The second kappa shape index (κ2) is 11.6. The molecule has 13 heteroatoms. The van der Waals surface area contributed by atoms with Crippen molar-refractivity contribution in [3.8, 4) is 16.2 Å². The number of ether oxygens (including phenoxy) is 2. The van der Waals surface area contributed by atoms with Crippen LogP contribution in [0.25, 0.3) is 21.3 Å². The third kappa shape index (κ3) is 6.78. The van der Waals surface area contributed by atoms with Crippen molar-refractivity contribution in [2.45, 2.75) is 38.4 Å². The predicted octanol–water partition coefficient (Wildman–Crippen LogP) is 4.47. The summed E-state index contributed by atoms with van der Waals surface area (Å²) in [5, 5.41) is 28.2. The number of hydrogen-bond acceptors (Lipinski definition) is 9. The van der Waals surface area contributed by atoms with E-state index in [1.807, 2.05) is 6.07 Å². The summed E-state index contributed by atoms with van der Waals surface area (Å²) in [6.45, 7) is 1.88. The van der Waals surface area contributed by atoms with Gasteiger partial charge in [-0.15, -0.1) is 18.3 Å². The number of hydrogen-bond donors (Lipinski definition) is 4. The first-order chi connectivity index (χ1) is 18.4. The zero-order valence-electron chi connectivity index (χ0n) is 20.3. The molecular weight excluding hydrogens is 521 g/mol. The van der Waals surface area contributed by atoms with Gasteiger partial charge < -0.3 is 25.2 Å². The minimum absolute atomic E-state index is 0.268. The van der Waals surface area contributed by atoms with Gasteiger partial charge in [-0.05, 0) is 71.2 Å². The molecule has 0 aliphatic heterocycles. The van der Waals surface area contributed by atoms with Crippen LogP contribution in [0.3, 0.4) is 0 Å². The second-order valence-corrected chi connectivity index (χ2v) is 10.0. The molecule has 4 N–H and O–H groups in total. The molecule has 2 aromatic carbocycles. The average Bonchev–Trinajstić information content (AvgIpc) is 3.55. The summed E-state index contributed by atoms with van der Waals surface area (Å²) in [7, 11) is 0. The largest absolute Gasteiger partial charge is 0.573 e. The van der Waals surface area contributed by atoms with Crippen molar-refractivity contribution in [2.75, 3.05) is 25.1 Å². The molecule has 0 saturated heterocycles. The molecule has 9 nitrogen and oxygen atoms in total. The molecule has 4 aromatic rings. The van der Waals surface area contributed by atoms with E-state index < -0.39 is 6.36 Å². The number of aliphatic hydroxyl groups excluding tert-OH is 1. The third-order valence-corrected chi connectivity index (χ3v) is 7.11. The van der Waals surface area contributed by atoms with Crippen LogP contribution in [0.4, 0.5) is 18.9 Å². The van der Waals surface area contributed by atoms with Gasteiger partial charge in [0.2, 0.25) is 0 Å². The van der Waals surface area contributed by atoms with Crippen LogP contribution in [0.2, 0.25) is 0 Å². The maximum absolute atomic E-state index is 12.6. The van der Waals surface area contributed by atoms with Gasteiger partial charge in [-0.25, -0.2) is 0 Å². The molecule has 0 atom stereocenters. The monoisotopic (exact) mass is 548 g/mol. The molecule has 0 bridgehead atoms. The van der Waals surface area contributed by atoms with Crippen LogP contribution in [0.1, 0.15) is 24.0 Å². The van der Waals surface area contributed by atoms with Crippen molar-refractivity contribution in [3.05, 3.63) is 53.9 Å². The highest BCUT2D eigenvalue weighted by atomic mass is 32.1. The zero-order valence-corrected chi connectivity index (χ0v) is 21.1. The summed E-state index contributed by atoms with van der Waals surface area (Å²) >= 11 is 1.34. The summed E-state index contributed by atoms with van der Waals surface area (Å²) in [6.07, 6.45) is 0.615. The van der Waals surface area contributed by atoms with E-state index in [4.69, 9.17) is 4.74 Å². The Kier molecular flexibility index (Phi) is 8.07. The van der Waals surface area contributed by atoms with Gasteiger partial charge in [0.25, 0.3) is 0 Å². The van der Waals surface area contributed by atoms with E-state index in [1.54, 1.807) is 18.5 Å². The SMILES string of the molecule is OCc1cc(CNC2CC(COCCNc3cc(-c4cnns4)cc4[nH]ncc34)C2)cc(OC(F)(F)F)c1. The van der Waals surface area contributed by atoms with E-state index in [1.165, 1.54) is 23.7 Å². The molecule has 0 radical (unpaired) electrons. The Labute approximate surface area is 220 Å². The van der Waals surface area contributed by atoms with Crippen LogP contribution in [-0.2, 0) is 17.9 Å². The maximum Gasteiger partial charge on any atom is 0.573 e. The van der Waals surface area contributed by atoms with Crippen molar-refractivity contribution in [2.24, 2.45) is 5.92 Å². The number of nitrogens with one attached hydrogen (secondary N) is 3. The first kappa shape index (κ1) is 26.4. The fraction of sp³-hybridized carbons (Fsp3) is 0.400. The van der Waals surface area contributed by atoms with Crippen molar-refractivity contribution in [1.29, 1.82) is 0 Å². The number of aliphatic hydroxyl groups is 1. The number of rotatable bonds is 12. The van der Waals surface area contributed by atoms with Crippen LogP contribution in [0.15, 0.2) is 42.7 Å². The number of aromatic amines is 1. The van der Waals surface area contributed by atoms with Gasteiger partial charge in [-0.3, -0.25) is 5.10 Å². The highest BCUT2D eigenvalue weighted by molar-refractivity contribution is 7.09. The van der Waals surface area contributed by atoms with E-state index in [0.717, 1.165) is 39.9 Å². The second-order valence-electron chi connectivity index (χ2n) is 9.24. The smallest absolute Gasteiger partial charge is 0.406 e. The molecule has 1 saturated carbocycles. The van der Waals surface area contributed by atoms with Gasteiger partial charge in [0, 0.05) is 36.8 Å². The molecule has 2 aromatic heterocycles. The number of nitrogens with zero attached hydrogens (tertiary/aromatic N) is 3. The lowest BCUT2D eigenvalue weighted by atomic mass is 9.81. The van der Waals surface area contributed by atoms with Crippen LogP contribution in [-0.4, -0.2) is 57.1 Å². The predicted molar refractivity (Wildman–Crippen MR) is 137 cm³/mol. The highest BCUT2D eigenvalue weighted by Crippen LogP contribution is 2.32. The van der Waals surface area contributed by atoms with E-state index in [9.17, 15) is 18.3 Å². The van der Waals surface area contributed by atoms with Crippen LogP contribution >= 0.6 is 11.5 Å². The normalized spacial score (nSPS) is 17.5. The van der Waals surface area contributed by atoms with Gasteiger partial charge in [-0.1, -0.05) is 10.6 Å². The summed E-state index contributed by atoms with van der Waals surface area (Å²) in [5.41, 5.74) is 3.91. The number of anilines is 1. The first-order valence-corrected chi connectivity index (χ1v) is 12.9. The van der Waals surface area contributed by atoms with Crippen molar-refractivity contribution in [1.82, 2.24) is 25.1 Å². The molecule has 2 heterocycles. The fourth-order valence-electron chi connectivity index (χ4n) is 4.56. The van der Waals surface area contributed by atoms with E-state index in [0.29, 0.717) is 43.3 Å². The molecular formula is C25H27F3N6O3S. The molecule has 5 rings (SSSR count). The number of H-pyrrole nitrogens is 1. The number of aromatic nitrogens is 4. The number of halogens is 3. The quantitative estimate of drug-likeness (QED) is 0.192. The molecule has 1 fully saturated rings. The lowest BCUT2D eigenvalue weighted by Crippen LogP contribution is -2.42. The minimum atomic E-state index is -4.77. The average molecular weight is 549 g/mol. The van der Waals surface area contributed by atoms with Gasteiger partial charge in [0.05, 0.1) is 36.0 Å². The number of benzene rings is 2. The number of fused-ring (bicyclic) bond motifs is 1. The summed E-state index contributed by atoms with van der Waals surface area (Å²) < 4.78 is 51.5. The van der Waals surface area contributed by atoms with Crippen LogP contribution in [0, 0.1) is 5.92 Å². The highest BCUT2D eigenvalue weighted by Gasteiger charge is 2.32.